The van der Waals surface area contributed by atoms with Gasteiger partial charge in [0.1, 0.15) is 0 Å². The fourth-order valence-corrected chi connectivity index (χ4v) is 3.49. The number of likely N-dealkylation sites (N-methyl/N-ethyl adjacent to an activating group) is 1. The van der Waals surface area contributed by atoms with Crippen LogP contribution in [-0.2, 0) is 0 Å². The highest BCUT2D eigenvalue weighted by atomic mass is 15.3. The minimum atomic E-state index is 0.642. The van der Waals surface area contributed by atoms with E-state index in [-0.39, 0.29) is 0 Å². The van der Waals surface area contributed by atoms with Crippen molar-refractivity contribution in [2.24, 2.45) is 5.92 Å². The number of hydrogen-bond acceptors (Lipinski definition) is 3. The Hall–Kier alpha value is -0.120. The van der Waals surface area contributed by atoms with Gasteiger partial charge in [0, 0.05) is 44.8 Å². The molecule has 2 fully saturated rings. The van der Waals surface area contributed by atoms with Crippen LogP contribution in [-0.4, -0.2) is 61.7 Å². The van der Waals surface area contributed by atoms with Crippen LogP contribution in [0.25, 0.3) is 0 Å². The highest BCUT2D eigenvalue weighted by molar-refractivity contribution is 4.83. The Morgan fingerprint density at radius 2 is 1.67 bits per heavy atom. The van der Waals surface area contributed by atoms with Gasteiger partial charge in [-0.2, -0.15) is 0 Å². The first-order valence-electron chi connectivity index (χ1n) is 7.84. The third-order valence-electron chi connectivity index (χ3n) is 4.88. The molecule has 0 radical (unpaired) electrons. The van der Waals surface area contributed by atoms with Gasteiger partial charge in [0.05, 0.1) is 0 Å². The van der Waals surface area contributed by atoms with Crippen molar-refractivity contribution in [1.29, 1.82) is 0 Å². The Kier molecular flexibility index (Phi) is 5.46. The molecule has 106 valence electrons. The summed E-state index contributed by atoms with van der Waals surface area (Å²) in [5.74, 6) is 0.725. The van der Waals surface area contributed by atoms with Gasteiger partial charge >= 0.3 is 0 Å². The molecule has 1 N–H and O–H groups in total. The topological polar surface area (TPSA) is 18.5 Å². The van der Waals surface area contributed by atoms with Gasteiger partial charge in [0.2, 0.25) is 0 Å². The summed E-state index contributed by atoms with van der Waals surface area (Å²) in [4.78, 5) is 5.39. The van der Waals surface area contributed by atoms with Gasteiger partial charge in [-0.1, -0.05) is 26.7 Å². The van der Waals surface area contributed by atoms with Crippen LogP contribution >= 0.6 is 0 Å². The molecule has 1 atom stereocenters. The van der Waals surface area contributed by atoms with E-state index < -0.39 is 0 Å². The zero-order valence-electron chi connectivity index (χ0n) is 12.5. The molecule has 18 heavy (non-hydrogen) atoms. The second-order valence-corrected chi connectivity index (χ2v) is 6.41. The number of piperazine rings is 1. The van der Waals surface area contributed by atoms with Crippen LogP contribution in [0.1, 0.15) is 39.5 Å². The van der Waals surface area contributed by atoms with E-state index in [9.17, 15) is 0 Å². The maximum absolute atomic E-state index is 3.46. The number of hydrogen-bond donors (Lipinski definition) is 1. The van der Waals surface area contributed by atoms with Gasteiger partial charge in [-0.25, -0.2) is 0 Å². The van der Waals surface area contributed by atoms with E-state index >= 15 is 0 Å². The van der Waals surface area contributed by atoms with Crippen LogP contribution in [0.2, 0.25) is 0 Å². The van der Waals surface area contributed by atoms with Gasteiger partial charge < -0.3 is 5.32 Å². The summed E-state index contributed by atoms with van der Waals surface area (Å²) in [5, 5.41) is 3.46. The van der Waals surface area contributed by atoms with E-state index in [1.807, 2.05) is 0 Å². The van der Waals surface area contributed by atoms with Crippen LogP contribution in [0.4, 0.5) is 0 Å². The molecule has 0 bridgehead atoms. The molecule has 1 aliphatic carbocycles. The van der Waals surface area contributed by atoms with Crippen LogP contribution < -0.4 is 5.32 Å². The molecule has 3 heteroatoms. The van der Waals surface area contributed by atoms with Crippen molar-refractivity contribution >= 4 is 0 Å². The molecule has 1 unspecified atom stereocenters. The first kappa shape index (κ1) is 14.3. The average Bonchev–Trinajstić information content (AvgIpc) is 2.90. The number of nitrogens with zero attached hydrogens (tertiary/aromatic N) is 2. The lowest BCUT2D eigenvalue weighted by atomic mass is 10.0. The molecular weight excluding hydrogens is 222 g/mol. The van der Waals surface area contributed by atoms with Crippen molar-refractivity contribution in [3.63, 3.8) is 0 Å². The summed E-state index contributed by atoms with van der Waals surface area (Å²) in [6, 6.07) is 1.56. The van der Waals surface area contributed by atoms with Crippen LogP contribution in [0.5, 0.6) is 0 Å². The SMILES string of the molecule is CNC(CN1CCN(C2CCCC2)CC1)C(C)C. The van der Waals surface area contributed by atoms with E-state index in [2.05, 4.69) is 36.0 Å². The molecule has 0 spiro atoms. The summed E-state index contributed by atoms with van der Waals surface area (Å²) in [6.07, 6.45) is 5.82. The normalized spacial score (nSPS) is 26.0. The molecule has 1 heterocycles. The second-order valence-electron chi connectivity index (χ2n) is 6.41. The van der Waals surface area contributed by atoms with Crippen molar-refractivity contribution in [2.75, 3.05) is 39.8 Å². The minimum Gasteiger partial charge on any atom is -0.315 e. The third kappa shape index (κ3) is 3.69. The summed E-state index contributed by atoms with van der Waals surface area (Å²) in [7, 11) is 2.10. The zero-order valence-corrected chi connectivity index (χ0v) is 12.5. The molecule has 1 saturated heterocycles. The van der Waals surface area contributed by atoms with Gasteiger partial charge in [-0.05, 0) is 25.8 Å². The fraction of sp³-hybridized carbons (Fsp3) is 1.00. The van der Waals surface area contributed by atoms with Crippen LogP contribution in [0.15, 0.2) is 0 Å². The van der Waals surface area contributed by atoms with Gasteiger partial charge in [-0.15, -0.1) is 0 Å². The number of nitrogens with one attached hydrogen (secondary N) is 1. The first-order valence-corrected chi connectivity index (χ1v) is 7.84. The molecule has 1 saturated carbocycles. The standard InChI is InChI=1S/C15H31N3/c1-13(2)15(16-3)12-17-8-10-18(11-9-17)14-6-4-5-7-14/h13-16H,4-12H2,1-3H3. The maximum atomic E-state index is 3.46. The van der Waals surface area contributed by atoms with Gasteiger partial charge in [0.15, 0.2) is 0 Å². The predicted octanol–water partition coefficient (Wildman–Crippen LogP) is 1.79. The molecule has 0 aromatic carbocycles. The Balaban J connectivity index is 1.72. The minimum absolute atomic E-state index is 0.642. The Labute approximate surface area is 113 Å². The molecule has 2 aliphatic rings. The van der Waals surface area contributed by atoms with E-state index in [1.54, 1.807) is 0 Å². The van der Waals surface area contributed by atoms with E-state index in [4.69, 9.17) is 0 Å². The lowest BCUT2D eigenvalue weighted by molar-refractivity contribution is 0.0880. The quantitative estimate of drug-likeness (QED) is 0.806. The highest BCUT2D eigenvalue weighted by Crippen LogP contribution is 2.24. The highest BCUT2D eigenvalue weighted by Gasteiger charge is 2.27. The lowest BCUT2D eigenvalue weighted by Gasteiger charge is -2.39. The monoisotopic (exact) mass is 253 g/mol. The van der Waals surface area contributed by atoms with Crippen molar-refractivity contribution in [2.45, 2.75) is 51.6 Å². The molecule has 0 amide bonds. The third-order valence-corrected chi connectivity index (χ3v) is 4.88. The molecule has 0 aromatic rings. The predicted molar refractivity (Wildman–Crippen MR) is 78.0 cm³/mol. The molecule has 0 aromatic heterocycles. The van der Waals surface area contributed by atoms with Crippen LogP contribution in [0.3, 0.4) is 0 Å². The molecule has 1 aliphatic heterocycles. The zero-order chi connectivity index (χ0) is 13.0. The van der Waals surface area contributed by atoms with Gasteiger partial charge in [-0.3, -0.25) is 9.80 Å². The first-order chi connectivity index (χ1) is 8.70. The fourth-order valence-electron chi connectivity index (χ4n) is 3.49. The maximum Gasteiger partial charge on any atom is 0.0214 e. The summed E-state index contributed by atoms with van der Waals surface area (Å²) in [5.41, 5.74) is 0. The largest absolute Gasteiger partial charge is 0.315 e. The lowest BCUT2D eigenvalue weighted by Crippen LogP contribution is -2.53. The average molecular weight is 253 g/mol. The summed E-state index contributed by atoms with van der Waals surface area (Å²) in [6.45, 7) is 11.0. The van der Waals surface area contributed by atoms with Gasteiger partial charge in [0.25, 0.3) is 0 Å². The molecular formula is C15H31N3. The Bertz CT molecular complexity index is 228. The van der Waals surface area contributed by atoms with Crippen molar-refractivity contribution < 1.29 is 0 Å². The van der Waals surface area contributed by atoms with Crippen molar-refractivity contribution in [3.8, 4) is 0 Å². The van der Waals surface area contributed by atoms with E-state index in [0.29, 0.717) is 6.04 Å². The van der Waals surface area contributed by atoms with Crippen molar-refractivity contribution in [1.82, 2.24) is 15.1 Å². The van der Waals surface area contributed by atoms with Crippen LogP contribution in [0, 0.1) is 5.92 Å². The Morgan fingerprint density at radius 1 is 1.06 bits per heavy atom. The molecule has 2 rings (SSSR count). The second kappa shape index (κ2) is 6.88. The van der Waals surface area contributed by atoms with E-state index in [1.165, 1.54) is 58.4 Å². The summed E-state index contributed by atoms with van der Waals surface area (Å²) < 4.78 is 0. The van der Waals surface area contributed by atoms with E-state index in [0.717, 1.165) is 12.0 Å². The Morgan fingerprint density at radius 3 is 2.17 bits per heavy atom. The number of rotatable bonds is 5. The smallest absolute Gasteiger partial charge is 0.0214 e. The van der Waals surface area contributed by atoms with Crippen molar-refractivity contribution in [3.05, 3.63) is 0 Å². The summed E-state index contributed by atoms with van der Waals surface area (Å²) >= 11 is 0. The molecule has 3 nitrogen and oxygen atoms in total.